The zero-order valence-corrected chi connectivity index (χ0v) is 20.1. The standard InChI is InChI=1S/C25H20F3N7O4/c26-25(27,28)38-17-6-3-14(4-7-17)16-5-8-19-18(13-16)23(36)35(34-32-19)11-12-37-24-29-10-9-20(30-24)21-31-22(39-33-21)15-1-2-15/h3-10,13,15,23,36H,1-2,11-12H2. The van der Waals surface area contributed by atoms with E-state index >= 15 is 0 Å². The van der Waals surface area contributed by atoms with Crippen molar-refractivity contribution in [3.63, 3.8) is 0 Å². The number of fused-ring (bicyclic) bond motifs is 1. The number of halogens is 3. The van der Waals surface area contributed by atoms with Gasteiger partial charge in [-0.05, 0) is 54.3 Å². The van der Waals surface area contributed by atoms with E-state index in [0.717, 1.165) is 12.8 Å². The number of hydrogen-bond donors (Lipinski definition) is 1. The predicted octanol–water partition coefficient (Wildman–Crippen LogP) is 5.35. The molecule has 4 aromatic rings. The summed E-state index contributed by atoms with van der Waals surface area (Å²) in [5.74, 6) is 0.971. The average molecular weight is 539 g/mol. The van der Waals surface area contributed by atoms with Crippen LogP contribution >= 0.6 is 0 Å². The first-order chi connectivity index (χ1) is 18.8. The van der Waals surface area contributed by atoms with Crippen LogP contribution in [0.4, 0.5) is 18.9 Å². The lowest BCUT2D eigenvalue weighted by Gasteiger charge is -2.28. The SMILES string of the molecule is OC1c2cc(-c3ccc(OC(F)(F)F)cc3)ccc2N=NN1CCOc1nccc(-c2noc(C3CC3)n2)n1. The van der Waals surface area contributed by atoms with E-state index in [9.17, 15) is 18.3 Å². The lowest BCUT2D eigenvalue weighted by atomic mass is 10.0. The van der Waals surface area contributed by atoms with Gasteiger partial charge in [-0.1, -0.05) is 28.6 Å². The number of ether oxygens (including phenoxy) is 2. The lowest BCUT2D eigenvalue weighted by molar-refractivity contribution is -0.274. The zero-order valence-electron chi connectivity index (χ0n) is 20.1. The molecular formula is C25H20F3N7O4. The Bertz CT molecular complexity index is 1510. The van der Waals surface area contributed by atoms with E-state index in [1.807, 2.05) is 0 Å². The molecule has 11 nitrogen and oxygen atoms in total. The van der Waals surface area contributed by atoms with Crippen LogP contribution in [0.5, 0.6) is 11.8 Å². The molecule has 1 unspecified atom stereocenters. The highest BCUT2D eigenvalue weighted by atomic mass is 19.4. The third-order valence-electron chi connectivity index (χ3n) is 6.06. The van der Waals surface area contributed by atoms with Crippen molar-refractivity contribution in [3.05, 3.63) is 66.2 Å². The number of hydrogen-bond acceptors (Lipinski definition) is 11. The van der Waals surface area contributed by atoms with Crippen LogP contribution in [0.2, 0.25) is 0 Å². The summed E-state index contributed by atoms with van der Waals surface area (Å²) in [4.78, 5) is 12.8. The van der Waals surface area contributed by atoms with Crippen molar-refractivity contribution < 1.29 is 32.3 Å². The highest BCUT2D eigenvalue weighted by molar-refractivity contribution is 5.68. The number of alkyl halides is 3. The molecule has 0 amide bonds. The minimum Gasteiger partial charge on any atom is -0.461 e. The summed E-state index contributed by atoms with van der Waals surface area (Å²) in [6.45, 7) is 0.258. The maximum Gasteiger partial charge on any atom is 0.573 e. The van der Waals surface area contributed by atoms with Gasteiger partial charge in [0.2, 0.25) is 11.7 Å². The number of rotatable bonds is 8. The Kier molecular flexibility index (Phi) is 6.30. The van der Waals surface area contributed by atoms with Gasteiger partial charge >= 0.3 is 12.4 Å². The van der Waals surface area contributed by atoms with E-state index < -0.39 is 12.6 Å². The molecule has 1 N–H and O–H groups in total. The molecule has 1 fully saturated rings. The van der Waals surface area contributed by atoms with Gasteiger partial charge in [0.1, 0.15) is 18.1 Å². The number of aliphatic hydroxyl groups is 1. The van der Waals surface area contributed by atoms with E-state index in [-0.39, 0.29) is 24.9 Å². The predicted molar refractivity (Wildman–Crippen MR) is 128 cm³/mol. The van der Waals surface area contributed by atoms with Crippen LogP contribution in [-0.4, -0.2) is 49.7 Å². The van der Waals surface area contributed by atoms with E-state index in [2.05, 4.69) is 35.2 Å². The van der Waals surface area contributed by atoms with Gasteiger partial charge in [0.05, 0.1) is 12.2 Å². The molecule has 0 spiro atoms. The highest BCUT2D eigenvalue weighted by Crippen LogP contribution is 2.39. The van der Waals surface area contributed by atoms with Gasteiger partial charge in [0.15, 0.2) is 6.23 Å². The minimum atomic E-state index is -4.77. The van der Waals surface area contributed by atoms with Crippen molar-refractivity contribution in [2.24, 2.45) is 10.3 Å². The fraction of sp³-hybridized carbons (Fsp3) is 0.280. The van der Waals surface area contributed by atoms with Gasteiger partial charge < -0.3 is 19.1 Å². The van der Waals surface area contributed by atoms with Crippen molar-refractivity contribution in [3.8, 4) is 34.4 Å². The lowest BCUT2D eigenvalue weighted by Crippen LogP contribution is -2.29. The molecule has 1 atom stereocenters. The number of aromatic nitrogens is 4. The summed E-state index contributed by atoms with van der Waals surface area (Å²) in [5.41, 5.74) is 2.74. The zero-order chi connectivity index (χ0) is 27.0. The van der Waals surface area contributed by atoms with Crippen LogP contribution in [0.1, 0.15) is 36.4 Å². The molecule has 39 heavy (non-hydrogen) atoms. The molecule has 0 saturated heterocycles. The van der Waals surface area contributed by atoms with Gasteiger partial charge in [-0.2, -0.15) is 9.97 Å². The second-order valence-electron chi connectivity index (χ2n) is 8.88. The summed E-state index contributed by atoms with van der Waals surface area (Å²) in [5, 5.41) is 24.4. The first kappa shape index (κ1) is 24.7. The molecule has 6 rings (SSSR count). The van der Waals surface area contributed by atoms with Crippen molar-refractivity contribution in [1.29, 1.82) is 0 Å². The molecule has 2 aromatic heterocycles. The summed E-state index contributed by atoms with van der Waals surface area (Å²) in [6, 6.07) is 12.3. The second kappa shape index (κ2) is 9.94. The summed E-state index contributed by atoms with van der Waals surface area (Å²) in [6.07, 6.45) is -2.28. The Morgan fingerprint density at radius 3 is 2.59 bits per heavy atom. The summed E-state index contributed by atoms with van der Waals surface area (Å²) >= 11 is 0. The Morgan fingerprint density at radius 2 is 1.82 bits per heavy atom. The van der Waals surface area contributed by atoms with Crippen molar-refractivity contribution in [1.82, 2.24) is 25.1 Å². The molecule has 2 aliphatic rings. The maximum atomic E-state index is 12.4. The molecule has 2 aromatic carbocycles. The first-order valence-corrected chi connectivity index (χ1v) is 12.0. The molecule has 1 saturated carbocycles. The number of nitrogens with zero attached hydrogens (tertiary/aromatic N) is 7. The molecule has 200 valence electrons. The maximum absolute atomic E-state index is 12.4. The minimum absolute atomic E-state index is 0.0921. The largest absolute Gasteiger partial charge is 0.573 e. The molecule has 14 heteroatoms. The van der Waals surface area contributed by atoms with Gasteiger partial charge in [0.25, 0.3) is 0 Å². The third-order valence-corrected chi connectivity index (χ3v) is 6.06. The molecule has 1 aliphatic carbocycles. The fourth-order valence-electron chi connectivity index (χ4n) is 3.96. The highest BCUT2D eigenvalue weighted by Gasteiger charge is 2.31. The van der Waals surface area contributed by atoms with Crippen molar-refractivity contribution >= 4 is 5.69 Å². The summed E-state index contributed by atoms with van der Waals surface area (Å²) < 4.78 is 52.2. The van der Waals surface area contributed by atoms with Crippen LogP contribution in [-0.2, 0) is 0 Å². The van der Waals surface area contributed by atoms with Crippen molar-refractivity contribution in [2.45, 2.75) is 31.3 Å². The Morgan fingerprint density at radius 1 is 1.03 bits per heavy atom. The van der Waals surface area contributed by atoms with Crippen molar-refractivity contribution in [2.75, 3.05) is 13.2 Å². The molecule has 3 heterocycles. The van der Waals surface area contributed by atoms with Crippen LogP contribution in [0.3, 0.4) is 0 Å². The van der Waals surface area contributed by atoms with E-state index in [4.69, 9.17) is 9.26 Å². The van der Waals surface area contributed by atoms with Gasteiger partial charge in [0, 0.05) is 17.7 Å². The van der Waals surface area contributed by atoms with Gasteiger partial charge in [-0.3, -0.25) is 0 Å². The van der Waals surface area contributed by atoms with E-state index in [1.54, 1.807) is 24.3 Å². The van der Waals surface area contributed by atoms with Gasteiger partial charge in [-0.25, -0.2) is 9.99 Å². The normalized spacial score (nSPS) is 16.7. The van der Waals surface area contributed by atoms with E-state index in [0.29, 0.717) is 45.7 Å². The van der Waals surface area contributed by atoms with Crippen LogP contribution in [0.25, 0.3) is 22.6 Å². The van der Waals surface area contributed by atoms with E-state index in [1.165, 1.54) is 35.5 Å². The quantitative estimate of drug-likeness (QED) is 0.315. The second-order valence-corrected chi connectivity index (χ2v) is 8.88. The first-order valence-electron chi connectivity index (χ1n) is 12.0. The monoisotopic (exact) mass is 539 g/mol. The van der Waals surface area contributed by atoms with Crippen LogP contribution in [0, 0.1) is 0 Å². The average Bonchev–Trinajstić information content (AvgIpc) is 3.66. The van der Waals surface area contributed by atoms with Crippen LogP contribution < -0.4 is 9.47 Å². The topological polar surface area (TPSA) is 131 Å². The molecule has 0 radical (unpaired) electrons. The third kappa shape index (κ3) is 5.65. The Balaban J connectivity index is 1.09. The van der Waals surface area contributed by atoms with Gasteiger partial charge in [-0.15, -0.1) is 18.3 Å². The molecular weight excluding hydrogens is 519 g/mol. The summed E-state index contributed by atoms with van der Waals surface area (Å²) in [7, 11) is 0. The molecule has 1 aliphatic heterocycles. The molecule has 0 bridgehead atoms. The fourth-order valence-corrected chi connectivity index (χ4v) is 3.96. The number of benzene rings is 2. The van der Waals surface area contributed by atoms with Crippen LogP contribution in [0.15, 0.2) is 69.6 Å². The Labute approximate surface area is 218 Å². The number of aliphatic hydroxyl groups excluding tert-OH is 1. The Hall–Kier alpha value is -4.59. The smallest absolute Gasteiger partial charge is 0.461 e.